The minimum absolute atomic E-state index is 0.566. The van der Waals surface area contributed by atoms with Gasteiger partial charge in [0.25, 0.3) is 0 Å². The molecule has 0 aliphatic carbocycles. The summed E-state index contributed by atoms with van der Waals surface area (Å²) in [6, 6.07) is 7.15. The van der Waals surface area contributed by atoms with Gasteiger partial charge in [0, 0.05) is 23.5 Å². The van der Waals surface area contributed by atoms with Crippen LogP contribution in [0.1, 0.15) is 0 Å². The number of benzene rings is 1. The average Bonchev–Trinajstić information content (AvgIpc) is 2.15. The Bertz CT molecular complexity index is 593. The van der Waals surface area contributed by atoms with Crippen LogP contribution in [0.4, 0.5) is 5.69 Å². The van der Waals surface area contributed by atoms with Crippen molar-refractivity contribution in [2.24, 2.45) is 0 Å². The minimum atomic E-state index is -3.21. The SMILES string of the molecule is CS(=O)(=O)Nc1ccc2cnccc2c1. The van der Waals surface area contributed by atoms with Crippen LogP contribution in [0.15, 0.2) is 36.7 Å². The van der Waals surface area contributed by atoms with E-state index >= 15 is 0 Å². The fourth-order valence-corrected chi connectivity index (χ4v) is 1.92. The molecule has 0 saturated carbocycles. The van der Waals surface area contributed by atoms with Crippen molar-refractivity contribution in [3.63, 3.8) is 0 Å². The second-order valence-corrected chi connectivity index (χ2v) is 5.06. The Labute approximate surface area is 88.0 Å². The highest BCUT2D eigenvalue weighted by atomic mass is 32.2. The smallest absolute Gasteiger partial charge is 0.229 e. The molecule has 4 nitrogen and oxygen atoms in total. The third kappa shape index (κ3) is 2.44. The number of nitrogens with zero attached hydrogens (tertiary/aromatic N) is 1. The number of hydrogen-bond acceptors (Lipinski definition) is 3. The molecular weight excluding hydrogens is 212 g/mol. The van der Waals surface area contributed by atoms with Gasteiger partial charge < -0.3 is 0 Å². The first-order chi connectivity index (χ1) is 7.04. The zero-order chi connectivity index (χ0) is 10.9. The molecule has 0 bridgehead atoms. The Kier molecular flexibility index (Phi) is 2.32. The van der Waals surface area contributed by atoms with Crippen molar-refractivity contribution in [3.8, 4) is 0 Å². The molecule has 0 amide bonds. The van der Waals surface area contributed by atoms with Crippen molar-refractivity contribution >= 4 is 26.5 Å². The van der Waals surface area contributed by atoms with Crippen LogP contribution in [0.5, 0.6) is 0 Å². The van der Waals surface area contributed by atoms with Crippen LogP contribution in [0.2, 0.25) is 0 Å². The van der Waals surface area contributed by atoms with E-state index in [1.54, 1.807) is 24.5 Å². The number of hydrogen-bond donors (Lipinski definition) is 1. The molecule has 78 valence electrons. The van der Waals surface area contributed by atoms with Gasteiger partial charge in [-0.1, -0.05) is 6.07 Å². The Morgan fingerprint density at radius 1 is 1.20 bits per heavy atom. The number of pyridine rings is 1. The van der Waals surface area contributed by atoms with E-state index in [4.69, 9.17) is 0 Å². The molecule has 5 heteroatoms. The molecule has 0 saturated heterocycles. The van der Waals surface area contributed by atoms with E-state index in [1.165, 1.54) is 0 Å². The second kappa shape index (κ2) is 3.51. The Balaban J connectivity index is 2.48. The van der Waals surface area contributed by atoms with Crippen LogP contribution >= 0.6 is 0 Å². The normalized spacial score (nSPS) is 11.5. The molecule has 0 fully saturated rings. The van der Waals surface area contributed by atoms with Crippen LogP contribution in [0.3, 0.4) is 0 Å². The van der Waals surface area contributed by atoms with Crippen molar-refractivity contribution < 1.29 is 8.42 Å². The molecule has 15 heavy (non-hydrogen) atoms. The maximum absolute atomic E-state index is 11.0. The number of anilines is 1. The third-order valence-corrected chi connectivity index (χ3v) is 2.55. The predicted molar refractivity (Wildman–Crippen MR) is 60.2 cm³/mol. The van der Waals surface area contributed by atoms with Crippen LogP contribution in [-0.4, -0.2) is 19.7 Å². The van der Waals surface area contributed by atoms with E-state index in [-0.39, 0.29) is 0 Å². The first-order valence-electron chi connectivity index (χ1n) is 4.36. The lowest BCUT2D eigenvalue weighted by atomic mass is 10.2. The molecule has 0 aliphatic heterocycles. The average molecular weight is 222 g/mol. The van der Waals surface area contributed by atoms with Crippen molar-refractivity contribution in [1.82, 2.24) is 4.98 Å². The molecule has 0 aliphatic rings. The molecule has 1 aromatic carbocycles. The number of fused-ring (bicyclic) bond motifs is 1. The lowest BCUT2D eigenvalue weighted by Crippen LogP contribution is -2.09. The maximum atomic E-state index is 11.0. The lowest BCUT2D eigenvalue weighted by Gasteiger charge is -2.04. The number of rotatable bonds is 2. The van der Waals surface area contributed by atoms with Gasteiger partial charge in [0.05, 0.1) is 6.26 Å². The van der Waals surface area contributed by atoms with E-state index in [1.807, 2.05) is 12.1 Å². The quantitative estimate of drug-likeness (QED) is 0.839. The van der Waals surface area contributed by atoms with Crippen molar-refractivity contribution in [3.05, 3.63) is 36.7 Å². The largest absolute Gasteiger partial charge is 0.284 e. The number of nitrogens with one attached hydrogen (secondary N) is 1. The summed E-state index contributed by atoms with van der Waals surface area (Å²) in [5.41, 5.74) is 0.566. The summed E-state index contributed by atoms with van der Waals surface area (Å²) in [6.07, 6.45) is 4.54. The monoisotopic (exact) mass is 222 g/mol. The van der Waals surface area contributed by atoms with Gasteiger partial charge in [0.15, 0.2) is 0 Å². The van der Waals surface area contributed by atoms with Gasteiger partial charge >= 0.3 is 0 Å². The second-order valence-electron chi connectivity index (χ2n) is 3.31. The Morgan fingerprint density at radius 3 is 2.73 bits per heavy atom. The molecule has 0 unspecified atom stereocenters. The highest BCUT2D eigenvalue weighted by Gasteiger charge is 2.02. The summed E-state index contributed by atoms with van der Waals surface area (Å²) in [5.74, 6) is 0. The fraction of sp³-hybridized carbons (Fsp3) is 0.100. The molecule has 2 rings (SSSR count). The zero-order valence-corrected chi connectivity index (χ0v) is 8.95. The van der Waals surface area contributed by atoms with Gasteiger partial charge in [-0.15, -0.1) is 0 Å². The van der Waals surface area contributed by atoms with Crippen molar-refractivity contribution in [1.29, 1.82) is 0 Å². The molecule has 1 heterocycles. The van der Waals surface area contributed by atoms with E-state index in [0.29, 0.717) is 5.69 Å². The summed E-state index contributed by atoms with van der Waals surface area (Å²) in [4.78, 5) is 3.98. The van der Waals surface area contributed by atoms with Gasteiger partial charge in [-0.25, -0.2) is 8.42 Å². The van der Waals surface area contributed by atoms with E-state index in [0.717, 1.165) is 17.0 Å². The summed E-state index contributed by atoms with van der Waals surface area (Å²) in [7, 11) is -3.21. The zero-order valence-electron chi connectivity index (χ0n) is 8.14. The molecule has 1 aromatic heterocycles. The summed E-state index contributed by atoms with van der Waals surface area (Å²) in [5, 5.41) is 1.94. The van der Waals surface area contributed by atoms with Crippen molar-refractivity contribution in [2.45, 2.75) is 0 Å². The van der Waals surface area contributed by atoms with E-state index in [9.17, 15) is 8.42 Å². The molecule has 0 atom stereocenters. The molecule has 2 aromatic rings. The Hall–Kier alpha value is -1.62. The fourth-order valence-electron chi connectivity index (χ4n) is 1.36. The highest BCUT2D eigenvalue weighted by Crippen LogP contribution is 2.18. The topological polar surface area (TPSA) is 59.1 Å². The third-order valence-electron chi connectivity index (χ3n) is 1.94. The summed E-state index contributed by atoms with van der Waals surface area (Å²) >= 11 is 0. The first-order valence-corrected chi connectivity index (χ1v) is 6.25. The molecule has 0 radical (unpaired) electrons. The minimum Gasteiger partial charge on any atom is -0.284 e. The molecule has 0 spiro atoms. The highest BCUT2D eigenvalue weighted by molar-refractivity contribution is 7.92. The van der Waals surface area contributed by atoms with E-state index < -0.39 is 10.0 Å². The van der Waals surface area contributed by atoms with Gasteiger partial charge in [-0.05, 0) is 23.6 Å². The van der Waals surface area contributed by atoms with Crippen LogP contribution < -0.4 is 4.72 Å². The Morgan fingerprint density at radius 2 is 2.00 bits per heavy atom. The first kappa shape index (κ1) is 9.92. The standard InChI is InChI=1S/C10H10N2O2S/c1-15(13,14)12-10-3-2-9-7-11-5-4-8(9)6-10/h2-7,12H,1H3. The number of sulfonamides is 1. The van der Waals surface area contributed by atoms with Gasteiger partial charge in [0.1, 0.15) is 0 Å². The van der Waals surface area contributed by atoms with Gasteiger partial charge in [0.2, 0.25) is 10.0 Å². The van der Waals surface area contributed by atoms with Crippen LogP contribution in [0.25, 0.3) is 10.8 Å². The van der Waals surface area contributed by atoms with Crippen LogP contribution in [0, 0.1) is 0 Å². The molecular formula is C10H10N2O2S. The van der Waals surface area contributed by atoms with Crippen LogP contribution in [-0.2, 0) is 10.0 Å². The predicted octanol–water partition coefficient (Wildman–Crippen LogP) is 1.61. The summed E-state index contributed by atoms with van der Waals surface area (Å²) < 4.78 is 24.5. The molecule has 1 N–H and O–H groups in total. The van der Waals surface area contributed by atoms with Crippen molar-refractivity contribution in [2.75, 3.05) is 11.0 Å². The van der Waals surface area contributed by atoms with E-state index in [2.05, 4.69) is 9.71 Å². The number of aromatic nitrogens is 1. The maximum Gasteiger partial charge on any atom is 0.229 e. The lowest BCUT2D eigenvalue weighted by molar-refractivity contribution is 0.607. The summed E-state index contributed by atoms with van der Waals surface area (Å²) in [6.45, 7) is 0. The van der Waals surface area contributed by atoms with Gasteiger partial charge in [-0.3, -0.25) is 9.71 Å². The van der Waals surface area contributed by atoms with Gasteiger partial charge in [-0.2, -0.15) is 0 Å².